The van der Waals surface area contributed by atoms with Gasteiger partial charge in [-0.25, -0.2) is 4.39 Å². The third kappa shape index (κ3) is 3.36. The third-order valence-corrected chi connectivity index (χ3v) is 5.69. The van der Waals surface area contributed by atoms with E-state index >= 15 is 0 Å². The summed E-state index contributed by atoms with van der Waals surface area (Å²) in [7, 11) is 0. The minimum Gasteiger partial charge on any atom is -0.301 e. The van der Waals surface area contributed by atoms with E-state index in [1.165, 1.54) is 21.9 Å². The standard InChI is InChI=1S/C25H23FN2O2/c1-16-11-13-19(14-12-16)24-25(30)27(21-10-6-7-17(2)18(21)3)15-23(29)28(24)22-9-5-4-8-20(22)26/h4-14,24H,15H2,1-3H3/t24-/m0/s1. The quantitative estimate of drug-likeness (QED) is 0.627. The van der Waals surface area contributed by atoms with Crippen molar-refractivity contribution in [1.29, 1.82) is 0 Å². The van der Waals surface area contributed by atoms with Gasteiger partial charge in [0.2, 0.25) is 5.91 Å². The summed E-state index contributed by atoms with van der Waals surface area (Å²) in [6.07, 6.45) is 0. The van der Waals surface area contributed by atoms with Gasteiger partial charge in [0.15, 0.2) is 0 Å². The molecule has 4 nitrogen and oxygen atoms in total. The predicted octanol–water partition coefficient (Wildman–Crippen LogP) is 4.87. The maximum atomic E-state index is 14.6. The molecule has 1 heterocycles. The van der Waals surface area contributed by atoms with Gasteiger partial charge in [-0.05, 0) is 55.7 Å². The van der Waals surface area contributed by atoms with Gasteiger partial charge in [0.1, 0.15) is 18.4 Å². The molecule has 3 aromatic rings. The molecule has 1 fully saturated rings. The fraction of sp³-hybridized carbons (Fsp3) is 0.200. The van der Waals surface area contributed by atoms with Crippen LogP contribution in [-0.4, -0.2) is 18.4 Å². The van der Waals surface area contributed by atoms with E-state index in [-0.39, 0.29) is 24.0 Å². The number of hydrogen-bond donors (Lipinski definition) is 0. The van der Waals surface area contributed by atoms with E-state index in [4.69, 9.17) is 0 Å². The van der Waals surface area contributed by atoms with Crippen molar-refractivity contribution >= 4 is 23.2 Å². The molecular formula is C25H23FN2O2. The fourth-order valence-electron chi connectivity index (χ4n) is 3.88. The minimum atomic E-state index is -0.941. The lowest BCUT2D eigenvalue weighted by Crippen LogP contribution is -2.56. The summed E-state index contributed by atoms with van der Waals surface area (Å²) in [5.74, 6) is -1.11. The largest absolute Gasteiger partial charge is 0.301 e. The van der Waals surface area contributed by atoms with Gasteiger partial charge >= 0.3 is 0 Å². The summed E-state index contributed by atoms with van der Waals surface area (Å²) < 4.78 is 14.6. The number of hydrogen-bond acceptors (Lipinski definition) is 2. The minimum absolute atomic E-state index is 0.113. The van der Waals surface area contributed by atoms with E-state index in [1.807, 2.05) is 63.2 Å². The van der Waals surface area contributed by atoms with Crippen LogP contribution in [0.4, 0.5) is 15.8 Å². The van der Waals surface area contributed by atoms with Gasteiger partial charge in [-0.15, -0.1) is 0 Å². The molecule has 0 radical (unpaired) electrons. The molecule has 30 heavy (non-hydrogen) atoms. The Balaban J connectivity index is 1.86. The summed E-state index contributed by atoms with van der Waals surface area (Å²) in [5.41, 5.74) is 4.49. The molecular weight excluding hydrogens is 379 g/mol. The van der Waals surface area contributed by atoms with Gasteiger partial charge < -0.3 is 4.90 Å². The summed E-state index contributed by atoms with van der Waals surface area (Å²) in [6.45, 7) is 5.72. The SMILES string of the molecule is Cc1ccc([C@H]2C(=O)N(c3cccc(C)c3C)CC(=O)N2c2ccccc2F)cc1. The molecule has 0 saturated carbocycles. The number of halogens is 1. The van der Waals surface area contributed by atoms with Crippen molar-refractivity contribution in [2.24, 2.45) is 0 Å². The number of carbonyl (C=O) groups excluding carboxylic acids is 2. The Morgan fingerprint density at radius 3 is 2.20 bits per heavy atom. The van der Waals surface area contributed by atoms with Crippen molar-refractivity contribution in [2.75, 3.05) is 16.3 Å². The molecule has 1 atom stereocenters. The van der Waals surface area contributed by atoms with E-state index in [9.17, 15) is 14.0 Å². The molecule has 0 aromatic heterocycles. The molecule has 4 rings (SSSR count). The predicted molar refractivity (Wildman–Crippen MR) is 116 cm³/mol. The lowest BCUT2D eigenvalue weighted by molar-refractivity contribution is -0.128. The van der Waals surface area contributed by atoms with Crippen LogP contribution in [0.15, 0.2) is 66.7 Å². The summed E-state index contributed by atoms with van der Waals surface area (Å²) in [5, 5.41) is 0. The highest BCUT2D eigenvalue weighted by molar-refractivity contribution is 6.14. The van der Waals surface area contributed by atoms with Gasteiger partial charge in [0.25, 0.3) is 5.91 Å². The molecule has 0 spiro atoms. The van der Waals surface area contributed by atoms with Crippen molar-refractivity contribution in [3.8, 4) is 0 Å². The van der Waals surface area contributed by atoms with E-state index in [2.05, 4.69) is 0 Å². The third-order valence-electron chi connectivity index (χ3n) is 5.69. The lowest BCUT2D eigenvalue weighted by Gasteiger charge is -2.41. The van der Waals surface area contributed by atoms with Crippen LogP contribution in [0.25, 0.3) is 0 Å². The van der Waals surface area contributed by atoms with Crippen molar-refractivity contribution in [3.63, 3.8) is 0 Å². The normalized spacial score (nSPS) is 16.9. The zero-order valence-corrected chi connectivity index (χ0v) is 17.2. The molecule has 2 amide bonds. The zero-order chi connectivity index (χ0) is 21.4. The Morgan fingerprint density at radius 2 is 1.50 bits per heavy atom. The Kier molecular flexibility index (Phi) is 5.12. The van der Waals surface area contributed by atoms with Crippen molar-refractivity contribution in [1.82, 2.24) is 0 Å². The van der Waals surface area contributed by atoms with Crippen LogP contribution < -0.4 is 9.80 Å². The van der Waals surface area contributed by atoms with Crippen LogP contribution in [0, 0.1) is 26.6 Å². The zero-order valence-electron chi connectivity index (χ0n) is 17.2. The maximum absolute atomic E-state index is 14.6. The average molecular weight is 402 g/mol. The number of anilines is 2. The topological polar surface area (TPSA) is 40.6 Å². The Hall–Kier alpha value is -3.47. The van der Waals surface area contributed by atoms with Crippen LogP contribution >= 0.6 is 0 Å². The van der Waals surface area contributed by atoms with Gasteiger partial charge in [-0.3, -0.25) is 14.5 Å². The Bertz CT molecular complexity index is 1120. The lowest BCUT2D eigenvalue weighted by atomic mass is 9.97. The highest BCUT2D eigenvalue weighted by atomic mass is 19.1. The van der Waals surface area contributed by atoms with Gasteiger partial charge in [0.05, 0.1) is 5.69 Å². The Labute approximate surface area is 175 Å². The van der Waals surface area contributed by atoms with Crippen LogP contribution in [0.2, 0.25) is 0 Å². The van der Waals surface area contributed by atoms with Gasteiger partial charge in [-0.1, -0.05) is 54.1 Å². The molecule has 5 heteroatoms. The monoisotopic (exact) mass is 402 g/mol. The first-order chi connectivity index (χ1) is 14.4. The second kappa shape index (κ2) is 7.75. The van der Waals surface area contributed by atoms with Crippen molar-refractivity contribution < 1.29 is 14.0 Å². The van der Waals surface area contributed by atoms with E-state index in [0.717, 1.165) is 16.7 Å². The van der Waals surface area contributed by atoms with Crippen LogP contribution in [-0.2, 0) is 9.59 Å². The summed E-state index contributed by atoms with van der Waals surface area (Å²) in [4.78, 5) is 29.8. The maximum Gasteiger partial charge on any atom is 0.255 e. The van der Waals surface area contributed by atoms with E-state index in [0.29, 0.717) is 11.3 Å². The first kappa shape index (κ1) is 19.8. The highest BCUT2D eigenvalue weighted by Gasteiger charge is 2.43. The molecule has 0 bridgehead atoms. The number of rotatable bonds is 3. The van der Waals surface area contributed by atoms with E-state index in [1.54, 1.807) is 12.1 Å². The summed E-state index contributed by atoms with van der Waals surface area (Å²) in [6, 6.07) is 18.3. The molecule has 3 aromatic carbocycles. The molecule has 1 aliphatic heterocycles. The number of piperazine rings is 1. The van der Waals surface area contributed by atoms with E-state index < -0.39 is 11.9 Å². The molecule has 0 unspecified atom stereocenters. The second-order valence-electron chi connectivity index (χ2n) is 7.67. The van der Waals surface area contributed by atoms with Crippen molar-refractivity contribution in [3.05, 3.63) is 94.8 Å². The molecule has 0 N–H and O–H groups in total. The van der Waals surface area contributed by atoms with Crippen molar-refractivity contribution in [2.45, 2.75) is 26.8 Å². The number of nitrogens with zero attached hydrogens (tertiary/aromatic N) is 2. The molecule has 0 aliphatic carbocycles. The Morgan fingerprint density at radius 1 is 0.833 bits per heavy atom. The first-order valence-electron chi connectivity index (χ1n) is 9.89. The van der Waals surface area contributed by atoms with Gasteiger partial charge in [-0.2, -0.15) is 0 Å². The van der Waals surface area contributed by atoms with Gasteiger partial charge in [0, 0.05) is 5.69 Å². The number of benzene rings is 3. The smallest absolute Gasteiger partial charge is 0.255 e. The summed E-state index contributed by atoms with van der Waals surface area (Å²) >= 11 is 0. The fourth-order valence-corrected chi connectivity index (χ4v) is 3.88. The number of carbonyl (C=O) groups is 2. The second-order valence-corrected chi connectivity index (χ2v) is 7.67. The highest BCUT2D eigenvalue weighted by Crippen LogP contribution is 2.36. The first-order valence-corrected chi connectivity index (χ1v) is 9.89. The number of amides is 2. The van der Waals surface area contributed by atoms with Crippen LogP contribution in [0.5, 0.6) is 0 Å². The molecule has 152 valence electrons. The van der Waals surface area contributed by atoms with Crippen LogP contribution in [0.1, 0.15) is 28.3 Å². The van der Waals surface area contributed by atoms with Crippen LogP contribution in [0.3, 0.4) is 0 Å². The molecule has 1 saturated heterocycles. The number of para-hydroxylation sites is 1. The number of aryl methyl sites for hydroxylation is 2. The average Bonchev–Trinajstić information content (AvgIpc) is 2.73. The molecule has 1 aliphatic rings.